The first kappa shape index (κ1) is 14.5. The van der Waals surface area contributed by atoms with Crippen molar-refractivity contribution in [3.8, 4) is 0 Å². The molecule has 0 aliphatic rings. The highest BCUT2D eigenvalue weighted by Gasteiger charge is 2.06. The van der Waals surface area contributed by atoms with Crippen LogP contribution in [0.15, 0.2) is 18.2 Å². The number of carbonyl (C=O) groups is 1. The summed E-state index contributed by atoms with van der Waals surface area (Å²) in [5.41, 5.74) is 1.97. The lowest BCUT2D eigenvalue weighted by atomic mass is 10.1. The third-order valence-corrected chi connectivity index (χ3v) is 2.46. The zero-order valence-corrected chi connectivity index (χ0v) is 10.7. The molecule has 0 radical (unpaired) electrons. The van der Waals surface area contributed by atoms with Gasteiger partial charge in [-0.15, -0.1) is 0 Å². The fourth-order valence-electron chi connectivity index (χ4n) is 1.53. The van der Waals surface area contributed by atoms with Crippen molar-refractivity contribution in [1.29, 1.82) is 0 Å². The van der Waals surface area contributed by atoms with Crippen molar-refractivity contribution in [2.75, 3.05) is 38.8 Å². The van der Waals surface area contributed by atoms with Gasteiger partial charge in [-0.1, -0.05) is 0 Å². The molecular formula is C13H19NO4. The summed E-state index contributed by atoms with van der Waals surface area (Å²) in [5, 5.41) is 12.1. The third kappa shape index (κ3) is 4.73. The van der Waals surface area contributed by atoms with Gasteiger partial charge in [-0.3, -0.25) is 0 Å². The van der Waals surface area contributed by atoms with Crippen LogP contribution in [0.4, 0.5) is 5.69 Å². The van der Waals surface area contributed by atoms with Crippen LogP contribution in [0, 0.1) is 6.92 Å². The predicted octanol–water partition coefficient (Wildman–Crippen LogP) is 1.77. The van der Waals surface area contributed by atoms with Gasteiger partial charge in [0.25, 0.3) is 0 Å². The highest BCUT2D eigenvalue weighted by atomic mass is 16.5. The summed E-state index contributed by atoms with van der Waals surface area (Å²) in [4.78, 5) is 10.8. The number of hydrogen-bond donors (Lipinski definition) is 2. The number of hydrogen-bond acceptors (Lipinski definition) is 4. The standard InChI is InChI=1S/C13H19NO4/c1-10-9-11(3-4-12(10)13(15)16)14-5-6-18-8-7-17-2/h3-4,9,14H,5-8H2,1-2H3,(H,15,16). The summed E-state index contributed by atoms with van der Waals surface area (Å²) >= 11 is 0. The lowest BCUT2D eigenvalue weighted by Gasteiger charge is -2.09. The number of methoxy groups -OCH3 is 1. The monoisotopic (exact) mass is 253 g/mol. The van der Waals surface area contributed by atoms with Crippen LogP contribution in [0.2, 0.25) is 0 Å². The van der Waals surface area contributed by atoms with E-state index in [9.17, 15) is 4.79 Å². The number of rotatable bonds is 8. The molecule has 1 rings (SSSR count). The van der Waals surface area contributed by atoms with Crippen LogP contribution in [0.25, 0.3) is 0 Å². The van der Waals surface area contributed by atoms with Crippen molar-refractivity contribution < 1.29 is 19.4 Å². The summed E-state index contributed by atoms with van der Waals surface area (Å²) in [6, 6.07) is 5.18. The van der Waals surface area contributed by atoms with Gasteiger partial charge in [0.05, 0.1) is 25.4 Å². The number of aryl methyl sites for hydroxylation is 1. The Morgan fingerprint density at radius 3 is 2.72 bits per heavy atom. The quantitative estimate of drug-likeness (QED) is 0.691. The van der Waals surface area contributed by atoms with Crippen LogP contribution >= 0.6 is 0 Å². The summed E-state index contributed by atoms with van der Waals surface area (Å²) in [5.74, 6) is -0.901. The lowest BCUT2D eigenvalue weighted by Crippen LogP contribution is -2.12. The maximum Gasteiger partial charge on any atom is 0.335 e. The Balaban J connectivity index is 2.35. The topological polar surface area (TPSA) is 67.8 Å². The van der Waals surface area contributed by atoms with E-state index >= 15 is 0 Å². The van der Waals surface area contributed by atoms with Crippen molar-refractivity contribution in [3.05, 3.63) is 29.3 Å². The fourth-order valence-corrected chi connectivity index (χ4v) is 1.53. The SMILES string of the molecule is COCCOCCNc1ccc(C(=O)O)c(C)c1. The lowest BCUT2D eigenvalue weighted by molar-refractivity contribution is 0.0696. The molecule has 0 atom stereocenters. The number of carboxylic acid groups (broad SMARTS) is 1. The Hall–Kier alpha value is -1.59. The minimum atomic E-state index is -0.901. The molecule has 0 heterocycles. The second kappa shape index (κ2) is 7.68. The molecule has 18 heavy (non-hydrogen) atoms. The van der Waals surface area contributed by atoms with Crippen LogP contribution in [0.5, 0.6) is 0 Å². The zero-order chi connectivity index (χ0) is 13.4. The van der Waals surface area contributed by atoms with Gasteiger partial charge in [0.2, 0.25) is 0 Å². The summed E-state index contributed by atoms with van der Waals surface area (Å²) in [7, 11) is 1.63. The highest BCUT2D eigenvalue weighted by molar-refractivity contribution is 5.89. The van der Waals surface area contributed by atoms with Crippen molar-refractivity contribution >= 4 is 11.7 Å². The van der Waals surface area contributed by atoms with E-state index in [1.807, 2.05) is 6.07 Å². The van der Waals surface area contributed by atoms with E-state index in [1.165, 1.54) is 0 Å². The average Bonchev–Trinajstić information content (AvgIpc) is 2.33. The van der Waals surface area contributed by atoms with E-state index in [1.54, 1.807) is 26.2 Å². The minimum absolute atomic E-state index is 0.330. The van der Waals surface area contributed by atoms with Gasteiger partial charge in [0.1, 0.15) is 0 Å². The number of nitrogens with one attached hydrogen (secondary N) is 1. The molecule has 0 aliphatic carbocycles. The van der Waals surface area contributed by atoms with Gasteiger partial charge in [-0.2, -0.15) is 0 Å². The van der Waals surface area contributed by atoms with E-state index in [4.69, 9.17) is 14.6 Å². The molecule has 2 N–H and O–H groups in total. The average molecular weight is 253 g/mol. The molecule has 0 amide bonds. The Labute approximate surface area is 107 Å². The van der Waals surface area contributed by atoms with E-state index in [0.717, 1.165) is 11.3 Å². The van der Waals surface area contributed by atoms with Crippen LogP contribution in [-0.4, -0.2) is 44.6 Å². The van der Waals surface area contributed by atoms with Gasteiger partial charge >= 0.3 is 5.97 Å². The summed E-state index contributed by atoms with van der Waals surface area (Å²) < 4.78 is 10.2. The molecule has 1 aromatic rings. The molecule has 0 bridgehead atoms. The van der Waals surface area contributed by atoms with Gasteiger partial charge < -0.3 is 19.9 Å². The van der Waals surface area contributed by atoms with Gasteiger partial charge in [0, 0.05) is 19.3 Å². The first-order chi connectivity index (χ1) is 8.65. The number of ether oxygens (including phenoxy) is 2. The Morgan fingerprint density at radius 1 is 1.33 bits per heavy atom. The van der Waals surface area contributed by atoms with Crippen LogP contribution < -0.4 is 5.32 Å². The molecule has 1 aromatic carbocycles. The van der Waals surface area contributed by atoms with Crippen LogP contribution in [0.3, 0.4) is 0 Å². The Morgan fingerprint density at radius 2 is 2.11 bits per heavy atom. The predicted molar refractivity (Wildman–Crippen MR) is 69.3 cm³/mol. The molecule has 5 heteroatoms. The number of benzene rings is 1. The minimum Gasteiger partial charge on any atom is -0.478 e. The Kier molecular flexibility index (Phi) is 6.18. The summed E-state index contributed by atoms with van der Waals surface area (Å²) in [6.45, 7) is 4.21. The van der Waals surface area contributed by atoms with Crippen molar-refractivity contribution in [3.63, 3.8) is 0 Å². The first-order valence-electron chi connectivity index (χ1n) is 5.79. The van der Waals surface area contributed by atoms with Gasteiger partial charge in [0.15, 0.2) is 0 Å². The summed E-state index contributed by atoms with van der Waals surface area (Å²) in [6.07, 6.45) is 0. The Bertz CT molecular complexity index is 393. The highest BCUT2D eigenvalue weighted by Crippen LogP contribution is 2.14. The second-order valence-corrected chi connectivity index (χ2v) is 3.87. The van der Waals surface area contributed by atoms with E-state index in [2.05, 4.69) is 5.32 Å². The van der Waals surface area contributed by atoms with E-state index in [-0.39, 0.29) is 0 Å². The van der Waals surface area contributed by atoms with Crippen molar-refractivity contribution in [2.24, 2.45) is 0 Å². The van der Waals surface area contributed by atoms with Gasteiger partial charge in [-0.25, -0.2) is 4.79 Å². The smallest absolute Gasteiger partial charge is 0.335 e. The molecule has 0 fully saturated rings. The number of anilines is 1. The van der Waals surface area contributed by atoms with Crippen molar-refractivity contribution in [2.45, 2.75) is 6.92 Å². The van der Waals surface area contributed by atoms with Crippen LogP contribution in [-0.2, 0) is 9.47 Å². The van der Waals surface area contributed by atoms with Crippen LogP contribution in [0.1, 0.15) is 15.9 Å². The second-order valence-electron chi connectivity index (χ2n) is 3.87. The fraction of sp³-hybridized carbons (Fsp3) is 0.462. The molecule has 0 unspecified atom stereocenters. The number of aromatic carboxylic acids is 1. The number of carboxylic acids is 1. The molecule has 0 aliphatic heterocycles. The largest absolute Gasteiger partial charge is 0.478 e. The molecule has 0 saturated carbocycles. The molecular weight excluding hydrogens is 234 g/mol. The van der Waals surface area contributed by atoms with E-state index in [0.29, 0.717) is 31.9 Å². The first-order valence-corrected chi connectivity index (χ1v) is 5.79. The zero-order valence-electron chi connectivity index (χ0n) is 10.7. The molecule has 0 aromatic heterocycles. The molecule has 0 spiro atoms. The maximum atomic E-state index is 10.8. The van der Waals surface area contributed by atoms with E-state index < -0.39 is 5.97 Å². The molecule has 0 saturated heterocycles. The normalized spacial score (nSPS) is 10.3. The molecule has 100 valence electrons. The van der Waals surface area contributed by atoms with Crippen molar-refractivity contribution in [1.82, 2.24) is 0 Å². The van der Waals surface area contributed by atoms with Gasteiger partial charge in [-0.05, 0) is 30.7 Å². The maximum absolute atomic E-state index is 10.8. The molecule has 5 nitrogen and oxygen atoms in total. The third-order valence-electron chi connectivity index (χ3n) is 2.46.